The summed E-state index contributed by atoms with van der Waals surface area (Å²) in [5.74, 6) is -0.550. The van der Waals surface area contributed by atoms with E-state index < -0.39 is 0 Å². The summed E-state index contributed by atoms with van der Waals surface area (Å²) in [6.07, 6.45) is 3.81. The highest BCUT2D eigenvalue weighted by Crippen LogP contribution is 2.31. The number of aromatic amines is 1. The minimum Gasteiger partial charge on any atom is -0.361 e. The van der Waals surface area contributed by atoms with Crippen molar-refractivity contribution in [1.29, 1.82) is 0 Å². The molecule has 0 spiro atoms. The fourth-order valence-corrected chi connectivity index (χ4v) is 4.77. The van der Waals surface area contributed by atoms with Crippen LogP contribution in [0.4, 0.5) is 5.13 Å². The van der Waals surface area contributed by atoms with Gasteiger partial charge >= 0.3 is 0 Å². The zero-order chi connectivity index (χ0) is 22.2. The van der Waals surface area contributed by atoms with Gasteiger partial charge in [-0.25, -0.2) is 0 Å². The fourth-order valence-electron chi connectivity index (χ4n) is 3.68. The Balaban J connectivity index is 1.35. The Bertz CT molecular complexity index is 1120. The van der Waals surface area contributed by atoms with Crippen LogP contribution in [0.3, 0.4) is 0 Å². The molecule has 0 saturated carbocycles. The van der Waals surface area contributed by atoms with Crippen LogP contribution in [0.2, 0.25) is 5.02 Å². The molecule has 1 fully saturated rings. The number of fused-ring (bicyclic) bond motifs is 1. The molecule has 31 heavy (non-hydrogen) atoms. The summed E-state index contributed by atoms with van der Waals surface area (Å²) in [7, 11) is 0. The quantitative estimate of drug-likeness (QED) is 0.548. The molecule has 164 valence electrons. The number of aromatic nitrogens is 3. The lowest BCUT2D eigenvalue weighted by atomic mass is 9.91. The molecule has 2 amide bonds. The van der Waals surface area contributed by atoms with Gasteiger partial charge in [0.25, 0.3) is 0 Å². The van der Waals surface area contributed by atoms with Crippen molar-refractivity contribution in [3.63, 3.8) is 0 Å². The van der Waals surface area contributed by atoms with Gasteiger partial charge in [0.05, 0.1) is 5.92 Å². The Kier molecular flexibility index (Phi) is 6.03. The third-order valence-corrected chi connectivity index (χ3v) is 7.52. The predicted molar refractivity (Wildman–Crippen MR) is 124 cm³/mol. The molecule has 3 aromatic rings. The topological polar surface area (TPSA) is 91.0 Å². The predicted octanol–water partition coefficient (Wildman–Crippen LogP) is 4.39. The van der Waals surface area contributed by atoms with Crippen LogP contribution in [-0.4, -0.2) is 45.0 Å². The Hall–Kier alpha value is -2.45. The van der Waals surface area contributed by atoms with Crippen molar-refractivity contribution in [1.82, 2.24) is 20.1 Å². The largest absolute Gasteiger partial charge is 0.361 e. The average Bonchev–Trinajstić information content (AvgIpc) is 3.45. The lowest BCUT2D eigenvalue weighted by Crippen LogP contribution is -2.30. The summed E-state index contributed by atoms with van der Waals surface area (Å²) in [6, 6.07) is 5.73. The molecule has 7 nitrogen and oxygen atoms in total. The summed E-state index contributed by atoms with van der Waals surface area (Å²) in [4.78, 5) is 30.2. The van der Waals surface area contributed by atoms with Crippen LogP contribution < -0.4 is 5.32 Å². The number of hydrogen-bond acceptors (Lipinski definition) is 5. The van der Waals surface area contributed by atoms with Crippen molar-refractivity contribution in [2.24, 2.45) is 5.92 Å². The number of rotatable bonds is 7. The number of benzene rings is 1. The van der Waals surface area contributed by atoms with Crippen molar-refractivity contribution in [2.75, 3.05) is 18.4 Å². The van der Waals surface area contributed by atoms with Crippen molar-refractivity contribution in [2.45, 2.75) is 45.4 Å². The third-order valence-electron chi connectivity index (χ3n) is 6.08. The Morgan fingerprint density at radius 2 is 2.19 bits per heavy atom. The number of anilines is 1. The van der Waals surface area contributed by atoms with E-state index in [1.165, 1.54) is 11.3 Å². The van der Waals surface area contributed by atoms with E-state index in [2.05, 4.69) is 41.3 Å². The standard InChI is InChI=1S/C22H26ClN5O2S/c1-4-22(2,3)20-26-27-21(31-20)25-19(30)14-9-18(29)28(12-14)8-7-13-11-24-17-6-5-15(23)10-16(13)17/h5-6,10-11,14,24H,4,7-9,12H2,1-3H3,(H,25,27,30). The van der Waals surface area contributed by atoms with E-state index in [-0.39, 0.29) is 29.6 Å². The van der Waals surface area contributed by atoms with Crippen molar-refractivity contribution in [3.05, 3.63) is 40.0 Å². The van der Waals surface area contributed by atoms with Gasteiger partial charge in [0.1, 0.15) is 5.01 Å². The minimum absolute atomic E-state index is 0.00286. The molecule has 1 atom stereocenters. The summed E-state index contributed by atoms with van der Waals surface area (Å²) >= 11 is 7.52. The lowest BCUT2D eigenvalue weighted by molar-refractivity contribution is -0.128. The van der Waals surface area contributed by atoms with Crippen LogP contribution in [-0.2, 0) is 21.4 Å². The van der Waals surface area contributed by atoms with E-state index in [1.807, 2.05) is 24.4 Å². The second-order valence-electron chi connectivity index (χ2n) is 8.63. The Morgan fingerprint density at radius 1 is 1.39 bits per heavy atom. The van der Waals surface area contributed by atoms with Crippen LogP contribution in [0.15, 0.2) is 24.4 Å². The van der Waals surface area contributed by atoms with Crippen LogP contribution in [0.1, 0.15) is 44.2 Å². The van der Waals surface area contributed by atoms with Crippen LogP contribution in [0.25, 0.3) is 10.9 Å². The number of likely N-dealkylation sites (tertiary alicyclic amines) is 1. The van der Waals surface area contributed by atoms with Crippen molar-refractivity contribution in [3.8, 4) is 0 Å². The number of H-pyrrole nitrogens is 1. The van der Waals surface area contributed by atoms with E-state index >= 15 is 0 Å². The van der Waals surface area contributed by atoms with Crippen molar-refractivity contribution < 1.29 is 9.59 Å². The number of amides is 2. The molecule has 1 aromatic carbocycles. The first-order valence-electron chi connectivity index (χ1n) is 10.4. The van der Waals surface area contributed by atoms with Crippen LogP contribution >= 0.6 is 22.9 Å². The first-order valence-corrected chi connectivity index (χ1v) is 11.6. The summed E-state index contributed by atoms with van der Waals surface area (Å²) in [5, 5.41) is 14.3. The molecule has 2 N–H and O–H groups in total. The zero-order valence-corrected chi connectivity index (χ0v) is 19.4. The second-order valence-corrected chi connectivity index (χ2v) is 10.0. The van der Waals surface area contributed by atoms with E-state index in [0.29, 0.717) is 29.7 Å². The molecule has 0 bridgehead atoms. The van der Waals surface area contributed by atoms with Gasteiger partial charge in [0.15, 0.2) is 0 Å². The second kappa shape index (κ2) is 8.59. The van der Waals surface area contributed by atoms with Crippen LogP contribution in [0, 0.1) is 5.92 Å². The average molecular weight is 460 g/mol. The van der Waals surface area contributed by atoms with Gasteiger partial charge in [-0.05, 0) is 36.6 Å². The van der Waals surface area contributed by atoms with Crippen LogP contribution in [0.5, 0.6) is 0 Å². The molecule has 3 heterocycles. The van der Waals surface area contributed by atoms with Gasteiger partial charge in [0.2, 0.25) is 16.9 Å². The monoisotopic (exact) mass is 459 g/mol. The molecule has 1 unspecified atom stereocenters. The third kappa shape index (κ3) is 4.60. The number of carbonyl (C=O) groups excluding carboxylic acids is 2. The van der Waals surface area contributed by atoms with Gasteiger partial charge in [-0.2, -0.15) is 0 Å². The zero-order valence-electron chi connectivity index (χ0n) is 17.9. The van der Waals surface area contributed by atoms with E-state index in [0.717, 1.165) is 27.9 Å². The number of nitrogens with zero attached hydrogens (tertiary/aromatic N) is 3. The molecule has 2 aromatic heterocycles. The first-order chi connectivity index (χ1) is 14.8. The first kappa shape index (κ1) is 21.8. The van der Waals surface area contributed by atoms with E-state index in [9.17, 15) is 9.59 Å². The Morgan fingerprint density at radius 3 is 2.97 bits per heavy atom. The fraction of sp³-hybridized carbons (Fsp3) is 0.455. The van der Waals surface area contributed by atoms with E-state index in [4.69, 9.17) is 11.6 Å². The molecule has 9 heteroatoms. The number of halogens is 1. The highest BCUT2D eigenvalue weighted by atomic mass is 35.5. The summed E-state index contributed by atoms with van der Waals surface area (Å²) in [6.45, 7) is 7.29. The Labute approximate surface area is 190 Å². The molecule has 0 radical (unpaired) electrons. The van der Waals surface area contributed by atoms with Gasteiger partial charge in [0, 0.05) is 47.0 Å². The molecular formula is C22H26ClN5O2S. The number of hydrogen-bond donors (Lipinski definition) is 2. The summed E-state index contributed by atoms with van der Waals surface area (Å²) in [5.41, 5.74) is 2.05. The smallest absolute Gasteiger partial charge is 0.231 e. The van der Waals surface area contributed by atoms with Gasteiger partial charge in [-0.1, -0.05) is 43.7 Å². The van der Waals surface area contributed by atoms with Gasteiger partial charge < -0.3 is 15.2 Å². The lowest BCUT2D eigenvalue weighted by Gasteiger charge is -2.17. The van der Waals surface area contributed by atoms with Crippen molar-refractivity contribution >= 4 is 50.8 Å². The van der Waals surface area contributed by atoms with Gasteiger partial charge in [-0.3, -0.25) is 9.59 Å². The maximum atomic E-state index is 12.7. The molecule has 1 aliphatic rings. The maximum absolute atomic E-state index is 12.7. The SMILES string of the molecule is CCC(C)(C)c1nnc(NC(=O)C2CC(=O)N(CCc3c[nH]c4ccc(Cl)cc34)C2)s1. The molecule has 1 aliphatic heterocycles. The minimum atomic E-state index is -0.378. The van der Waals surface area contributed by atoms with E-state index in [1.54, 1.807) is 4.90 Å². The summed E-state index contributed by atoms with van der Waals surface area (Å²) < 4.78 is 0. The molecular weight excluding hydrogens is 434 g/mol. The molecule has 4 rings (SSSR count). The maximum Gasteiger partial charge on any atom is 0.231 e. The normalized spacial score (nSPS) is 17.0. The molecule has 0 aliphatic carbocycles. The highest BCUT2D eigenvalue weighted by molar-refractivity contribution is 7.15. The van der Waals surface area contributed by atoms with Gasteiger partial charge in [-0.15, -0.1) is 10.2 Å². The molecule has 1 saturated heterocycles. The highest BCUT2D eigenvalue weighted by Gasteiger charge is 2.34. The number of nitrogens with one attached hydrogen (secondary N) is 2. The number of carbonyl (C=O) groups is 2.